The number of aromatic nitrogens is 3. The van der Waals surface area contributed by atoms with Crippen molar-refractivity contribution >= 4 is 34.1 Å². The molecule has 0 bridgehead atoms. The van der Waals surface area contributed by atoms with E-state index in [-0.39, 0.29) is 23.0 Å². The summed E-state index contributed by atoms with van der Waals surface area (Å²) in [5, 5.41) is 4.81. The van der Waals surface area contributed by atoms with Gasteiger partial charge in [0.2, 0.25) is 0 Å². The zero-order valence-corrected chi connectivity index (χ0v) is 16.4. The fourth-order valence-electron chi connectivity index (χ4n) is 3.75. The standard InChI is InChI=1S/C21H16ClFN4O3/c22-15-9-12(5-6-16(15)23)18-11-26(7-8-30-18)21(29)14-10-24-27-17-4-2-1-3-13(17)20(28)25-19(14)27/h1-6,9-10,18H,7-8,11H2,(H,25,28). The summed E-state index contributed by atoms with van der Waals surface area (Å²) in [6.45, 7) is 0.986. The van der Waals surface area contributed by atoms with Gasteiger partial charge in [-0.05, 0) is 29.8 Å². The van der Waals surface area contributed by atoms with Gasteiger partial charge in [0.15, 0.2) is 0 Å². The molecule has 1 saturated heterocycles. The lowest BCUT2D eigenvalue weighted by Crippen LogP contribution is -2.42. The highest BCUT2D eigenvalue weighted by atomic mass is 35.5. The van der Waals surface area contributed by atoms with E-state index in [9.17, 15) is 14.0 Å². The first-order valence-corrected chi connectivity index (χ1v) is 9.75. The molecule has 4 aromatic rings. The van der Waals surface area contributed by atoms with Crippen LogP contribution in [0.2, 0.25) is 5.02 Å². The molecule has 0 spiro atoms. The number of nitrogens with one attached hydrogen (secondary N) is 1. The highest BCUT2D eigenvalue weighted by Gasteiger charge is 2.28. The van der Waals surface area contributed by atoms with Crippen molar-refractivity contribution in [3.63, 3.8) is 0 Å². The van der Waals surface area contributed by atoms with Crippen molar-refractivity contribution in [1.82, 2.24) is 19.5 Å². The molecule has 1 N–H and O–H groups in total. The summed E-state index contributed by atoms with van der Waals surface area (Å²) in [5.41, 5.74) is 1.68. The smallest absolute Gasteiger partial charge is 0.259 e. The molecule has 0 radical (unpaired) electrons. The predicted octanol–water partition coefficient (Wildman–Crippen LogP) is 3.18. The van der Waals surface area contributed by atoms with Crippen LogP contribution in [-0.4, -0.2) is 45.1 Å². The second kappa shape index (κ2) is 7.23. The van der Waals surface area contributed by atoms with Gasteiger partial charge in [-0.2, -0.15) is 5.10 Å². The third-order valence-corrected chi connectivity index (χ3v) is 5.57. The first-order valence-electron chi connectivity index (χ1n) is 9.37. The van der Waals surface area contributed by atoms with E-state index in [1.165, 1.54) is 18.3 Å². The van der Waals surface area contributed by atoms with Crippen molar-refractivity contribution in [3.8, 4) is 0 Å². The van der Waals surface area contributed by atoms with Gasteiger partial charge in [-0.3, -0.25) is 9.59 Å². The maximum atomic E-state index is 13.5. The Bertz CT molecular complexity index is 1350. The van der Waals surface area contributed by atoms with Crippen LogP contribution in [0.5, 0.6) is 0 Å². The average molecular weight is 427 g/mol. The normalized spacial score (nSPS) is 17.0. The summed E-state index contributed by atoms with van der Waals surface area (Å²) in [6.07, 6.45) is 1.03. The Hall–Kier alpha value is -3.23. The van der Waals surface area contributed by atoms with E-state index < -0.39 is 11.9 Å². The summed E-state index contributed by atoms with van der Waals surface area (Å²) >= 11 is 5.89. The lowest BCUT2D eigenvalue weighted by atomic mass is 10.1. The number of amides is 1. The summed E-state index contributed by atoms with van der Waals surface area (Å²) in [6, 6.07) is 11.5. The SMILES string of the molecule is O=C(c1cnn2c1[nH]c(=O)c1ccccc12)N1CCOC(c2ccc(F)c(Cl)c2)C1. The second-order valence-corrected chi connectivity index (χ2v) is 7.48. The second-order valence-electron chi connectivity index (χ2n) is 7.07. The molecule has 0 aliphatic carbocycles. The average Bonchev–Trinajstić information content (AvgIpc) is 3.19. The Labute approximate surface area is 174 Å². The van der Waals surface area contributed by atoms with Crippen molar-refractivity contribution in [3.05, 3.63) is 81.0 Å². The van der Waals surface area contributed by atoms with E-state index in [1.807, 2.05) is 6.07 Å². The number of hydrogen-bond donors (Lipinski definition) is 1. The van der Waals surface area contributed by atoms with Crippen LogP contribution in [0.4, 0.5) is 4.39 Å². The molecule has 152 valence electrons. The molecule has 1 aliphatic rings. The van der Waals surface area contributed by atoms with Crippen molar-refractivity contribution in [1.29, 1.82) is 0 Å². The molecule has 1 fully saturated rings. The van der Waals surface area contributed by atoms with Gasteiger partial charge in [-0.15, -0.1) is 0 Å². The number of nitrogens with zero attached hydrogens (tertiary/aromatic N) is 3. The Morgan fingerprint density at radius 1 is 1.27 bits per heavy atom. The minimum atomic E-state index is -0.508. The van der Waals surface area contributed by atoms with Gasteiger partial charge >= 0.3 is 0 Å². The first-order chi connectivity index (χ1) is 14.5. The Kier molecular flexibility index (Phi) is 4.52. The number of ether oxygens (including phenoxy) is 1. The van der Waals surface area contributed by atoms with Crippen LogP contribution in [0.15, 0.2) is 53.5 Å². The van der Waals surface area contributed by atoms with Gasteiger partial charge < -0.3 is 14.6 Å². The van der Waals surface area contributed by atoms with Crippen LogP contribution in [0.25, 0.3) is 16.6 Å². The number of rotatable bonds is 2. The largest absolute Gasteiger partial charge is 0.370 e. The predicted molar refractivity (Wildman–Crippen MR) is 109 cm³/mol. The zero-order chi connectivity index (χ0) is 20.8. The van der Waals surface area contributed by atoms with Crippen LogP contribution in [0.1, 0.15) is 22.0 Å². The Morgan fingerprint density at radius 2 is 2.10 bits per heavy atom. The molecule has 2 aromatic heterocycles. The van der Waals surface area contributed by atoms with Crippen LogP contribution in [-0.2, 0) is 4.74 Å². The lowest BCUT2D eigenvalue weighted by Gasteiger charge is -2.33. The number of morpholine rings is 1. The zero-order valence-electron chi connectivity index (χ0n) is 15.6. The molecule has 2 aromatic carbocycles. The number of carbonyl (C=O) groups is 1. The number of H-pyrrole nitrogens is 1. The van der Waals surface area contributed by atoms with Gasteiger partial charge in [0.25, 0.3) is 11.5 Å². The highest BCUT2D eigenvalue weighted by molar-refractivity contribution is 6.30. The van der Waals surface area contributed by atoms with Crippen molar-refractivity contribution < 1.29 is 13.9 Å². The molecule has 1 atom stereocenters. The molecular weight excluding hydrogens is 411 g/mol. The fourth-order valence-corrected chi connectivity index (χ4v) is 3.94. The van der Waals surface area contributed by atoms with Crippen LogP contribution in [0.3, 0.4) is 0 Å². The monoisotopic (exact) mass is 426 g/mol. The molecule has 1 aliphatic heterocycles. The maximum Gasteiger partial charge on any atom is 0.259 e. The van der Waals surface area contributed by atoms with Crippen molar-refractivity contribution in [2.24, 2.45) is 0 Å². The summed E-state index contributed by atoms with van der Waals surface area (Å²) in [5.74, 6) is -0.774. The number of aromatic amines is 1. The molecule has 1 unspecified atom stereocenters. The fraction of sp³-hybridized carbons (Fsp3) is 0.190. The lowest BCUT2D eigenvalue weighted by molar-refractivity contribution is -0.0227. The molecule has 30 heavy (non-hydrogen) atoms. The number of benzene rings is 2. The van der Waals surface area contributed by atoms with Crippen molar-refractivity contribution in [2.75, 3.05) is 19.7 Å². The molecule has 9 heteroatoms. The van der Waals surface area contributed by atoms with Gasteiger partial charge in [0.1, 0.15) is 23.1 Å². The molecular formula is C21H16ClFN4O3. The van der Waals surface area contributed by atoms with Crippen molar-refractivity contribution in [2.45, 2.75) is 6.10 Å². The van der Waals surface area contributed by atoms with Gasteiger partial charge in [-0.25, -0.2) is 8.91 Å². The quantitative estimate of drug-likeness (QED) is 0.534. The maximum absolute atomic E-state index is 13.5. The first kappa shape index (κ1) is 18.8. The number of halogens is 2. The van der Waals surface area contributed by atoms with E-state index in [2.05, 4.69) is 10.1 Å². The van der Waals surface area contributed by atoms with E-state index in [4.69, 9.17) is 16.3 Å². The topological polar surface area (TPSA) is 79.7 Å². The van der Waals surface area contributed by atoms with E-state index in [0.717, 1.165) is 0 Å². The summed E-state index contributed by atoms with van der Waals surface area (Å²) in [4.78, 5) is 30.1. The highest BCUT2D eigenvalue weighted by Crippen LogP contribution is 2.27. The minimum Gasteiger partial charge on any atom is -0.370 e. The van der Waals surface area contributed by atoms with E-state index in [1.54, 1.807) is 33.7 Å². The van der Waals surface area contributed by atoms with E-state index in [0.29, 0.717) is 40.8 Å². The van der Waals surface area contributed by atoms with Crippen LogP contribution < -0.4 is 5.56 Å². The molecule has 5 rings (SSSR count). The molecule has 3 heterocycles. The number of hydrogen-bond acceptors (Lipinski definition) is 4. The number of para-hydroxylation sites is 1. The number of fused-ring (bicyclic) bond motifs is 3. The molecule has 7 nitrogen and oxygen atoms in total. The molecule has 0 saturated carbocycles. The third-order valence-electron chi connectivity index (χ3n) is 5.28. The van der Waals surface area contributed by atoms with E-state index >= 15 is 0 Å². The Morgan fingerprint density at radius 3 is 2.93 bits per heavy atom. The minimum absolute atomic E-state index is 0.00614. The van der Waals surface area contributed by atoms with Crippen LogP contribution in [0, 0.1) is 5.82 Å². The van der Waals surface area contributed by atoms with Gasteiger partial charge in [0, 0.05) is 6.54 Å². The number of carbonyl (C=O) groups excluding carboxylic acids is 1. The summed E-state index contributed by atoms with van der Waals surface area (Å²) in [7, 11) is 0. The van der Waals surface area contributed by atoms with Crippen LogP contribution >= 0.6 is 11.6 Å². The van der Waals surface area contributed by atoms with Gasteiger partial charge in [-0.1, -0.05) is 29.8 Å². The summed E-state index contributed by atoms with van der Waals surface area (Å²) < 4.78 is 20.8. The third kappa shape index (κ3) is 3.05. The Balaban J connectivity index is 1.49. The van der Waals surface area contributed by atoms with Gasteiger partial charge in [0.05, 0.1) is 35.3 Å². The molecule has 1 amide bonds.